The van der Waals surface area contributed by atoms with Crippen LogP contribution in [-0.4, -0.2) is 17.0 Å². The fraction of sp³-hybridized carbons (Fsp3) is 0.0667. The summed E-state index contributed by atoms with van der Waals surface area (Å²) in [7, 11) is 0. The average Bonchev–Trinajstić information content (AvgIpc) is 2.41. The van der Waals surface area contributed by atoms with Gasteiger partial charge in [0.05, 0.1) is 16.8 Å². The molecule has 2 rings (SSSR count). The SMILES string of the molecule is Cc1cccc(NC(=O)c2cc(I)ccc2Br)c1C(=O)O. The lowest BCUT2D eigenvalue weighted by Crippen LogP contribution is -2.16. The molecule has 108 valence electrons. The van der Waals surface area contributed by atoms with Crippen LogP contribution >= 0.6 is 38.5 Å². The number of carbonyl (C=O) groups excluding carboxylic acids is 1. The van der Waals surface area contributed by atoms with Gasteiger partial charge in [-0.15, -0.1) is 0 Å². The summed E-state index contributed by atoms with van der Waals surface area (Å²) in [6, 6.07) is 10.4. The summed E-state index contributed by atoms with van der Waals surface area (Å²) >= 11 is 5.44. The van der Waals surface area contributed by atoms with E-state index in [0.717, 1.165) is 3.57 Å². The van der Waals surface area contributed by atoms with Gasteiger partial charge in [-0.1, -0.05) is 12.1 Å². The molecule has 2 aromatic carbocycles. The van der Waals surface area contributed by atoms with Crippen molar-refractivity contribution in [3.8, 4) is 0 Å². The zero-order chi connectivity index (χ0) is 15.6. The minimum atomic E-state index is -1.06. The Hall–Kier alpha value is -1.41. The quantitative estimate of drug-likeness (QED) is 0.672. The monoisotopic (exact) mass is 459 g/mol. The van der Waals surface area contributed by atoms with Crippen molar-refractivity contribution in [2.75, 3.05) is 5.32 Å². The predicted molar refractivity (Wildman–Crippen MR) is 93.0 cm³/mol. The first-order valence-corrected chi connectivity index (χ1v) is 7.86. The van der Waals surface area contributed by atoms with E-state index in [0.29, 0.717) is 21.3 Å². The molecule has 0 aliphatic heterocycles. The van der Waals surface area contributed by atoms with Gasteiger partial charge in [-0.3, -0.25) is 4.79 Å². The molecule has 21 heavy (non-hydrogen) atoms. The summed E-state index contributed by atoms with van der Waals surface area (Å²) in [6.45, 7) is 1.69. The lowest BCUT2D eigenvalue weighted by molar-refractivity contribution is 0.0697. The van der Waals surface area contributed by atoms with Crippen molar-refractivity contribution in [3.05, 3.63) is 61.1 Å². The van der Waals surface area contributed by atoms with E-state index in [1.54, 1.807) is 37.3 Å². The number of amides is 1. The molecule has 0 bridgehead atoms. The van der Waals surface area contributed by atoms with Crippen LogP contribution in [0.15, 0.2) is 40.9 Å². The van der Waals surface area contributed by atoms with E-state index < -0.39 is 5.97 Å². The molecule has 0 aliphatic rings. The first kappa shape index (κ1) is 16.0. The molecule has 2 aromatic rings. The Morgan fingerprint density at radius 2 is 1.95 bits per heavy atom. The molecular weight excluding hydrogens is 449 g/mol. The van der Waals surface area contributed by atoms with Crippen molar-refractivity contribution in [2.45, 2.75) is 6.92 Å². The van der Waals surface area contributed by atoms with Gasteiger partial charge in [-0.25, -0.2) is 4.79 Å². The van der Waals surface area contributed by atoms with Crippen molar-refractivity contribution < 1.29 is 14.7 Å². The standard InChI is InChI=1S/C15H11BrINO3/c1-8-3-2-4-12(13(8)15(20)21)18-14(19)10-7-9(17)5-6-11(10)16/h2-7H,1H3,(H,18,19)(H,20,21). The first-order chi connectivity index (χ1) is 9.90. The van der Waals surface area contributed by atoms with Gasteiger partial charge in [0.2, 0.25) is 0 Å². The molecule has 0 unspecified atom stereocenters. The van der Waals surface area contributed by atoms with Crippen LogP contribution in [0.3, 0.4) is 0 Å². The van der Waals surface area contributed by atoms with Crippen molar-refractivity contribution >= 4 is 56.1 Å². The van der Waals surface area contributed by atoms with Gasteiger partial charge in [0.15, 0.2) is 0 Å². The van der Waals surface area contributed by atoms with E-state index in [4.69, 9.17) is 0 Å². The number of nitrogens with one attached hydrogen (secondary N) is 1. The average molecular weight is 460 g/mol. The molecule has 0 saturated heterocycles. The Labute approximate surface area is 143 Å². The molecule has 1 amide bonds. The zero-order valence-electron chi connectivity index (χ0n) is 11.0. The maximum Gasteiger partial charge on any atom is 0.338 e. The van der Waals surface area contributed by atoms with Crippen molar-refractivity contribution in [1.82, 2.24) is 0 Å². The van der Waals surface area contributed by atoms with Gasteiger partial charge in [-0.2, -0.15) is 0 Å². The third-order valence-corrected chi connectivity index (χ3v) is 4.27. The van der Waals surface area contributed by atoms with Gasteiger partial charge >= 0.3 is 5.97 Å². The lowest BCUT2D eigenvalue weighted by atomic mass is 10.1. The molecule has 0 atom stereocenters. The van der Waals surface area contributed by atoms with E-state index in [2.05, 4.69) is 43.8 Å². The molecule has 6 heteroatoms. The van der Waals surface area contributed by atoms with Gasteiger partial charge in [-0.05, 0) is 75.3 Å². The van der Waals surface area contributed by atoms with E-state index in [1.807, 2.05) is 6.07 Å². The summed E-state index contributed by atoms with van der Waals surface area (Å²) < 4.78 is 1.58. The number of aryl methyl sites for hydroxylation is 1. The third-order valence-electron chi connectivity index (χ3n) is 2.91. The summed E-state index contributed by atoms with van der Waals surface area (Å²) in [5.74, 6) is -1.42. The van der Waals surface area contributed by atoms with Crippen LogP contribution in [0.4, 0.5) is 5.69 Å². The Balaban J connectivity index is 2.39. The smallest absolute Gasteiger partial charge is 0.338 e. The number of hydrogen-bond acceptors (Lipinski definition) is 2. The number of carbonyl (C=O) groups is 2. The van der Waals surface area contributed by atoms with Crippen LogP contribution < -0.4 is 5.32 Å². The first-order valence-electron chi connectivity index (χ1n) is 5.99. The van der Waals surface area contributed by atoms with Gasteiger partial charge in [0.1, 0.15) is 0 Å². The molecule has 0 heterocycles. The van der Waals surface area contributed by atoms with Crippen LogP contribution in [0.1, 0.15) is 26.3 Å². The molecule has 0 fully saturated rings. The number of hydrogen-bond donors (Lipinski definition) is 2. The van der Waals surface area contributed by atoms with E-state index in [9.17, 15) is 14.7 Å². The number of rotatable bonds is 3. The van der Waals surface area contributed by atoms with E-state index >= 15 is 0 Å². The summed E-state index contributed by atoms with van der Waals surface area (Å²) in [6.07, 6.45) is 0. The number of halogens is 2. The number of aromatic carboxylic acids is 1. The zero-order valence-corrected chi connectivity index (χ0v) is 14.7. The van der Waals surface area contributed by atoms with Crippen molar-refractivity contribution in [1.29, 1.82) is 0 Å². The second-order valence-electron chi connectivity index (χ2n) is 4.38. The molecule has 0 aromatic heterocycles. The Morgan fingerprint density at radius 1 is 1.24 bits per heavy atom. The predicted octanol–water partition coefficient (Wildman–Crippen LogP) is 4.31. The van der Waals surface area contributed by atoms with Crippen LogP contribution in [0.25, 0.3) is 0 Å². The highest BCUT2D eigenvalue weighted by Crippen LogP contribution is 2.23. The molecule has 2 N–H and O–H groups in total. The second-order valence-corrected chi connectivity index (χ2v) is 6.48. The van der Waals surface area contributed by atoms with Crippen molar-refractivity contribution in [3.63, 3.8) is 0 Å². The normalized spacial score (nSPS) is 10.2. The number of benzene rings is 2. The highest BCUT2D eigenvalue weighted by Gasteiger charge is 2.17. The van der Waals surface area contributed by atoms with Crippen LogP contribution in [0, 0.1) is 10.5 Å². The lowest BCUT2D eigenvalue weighted by Gasteiger charge is -2.11. The highest BCUT2D eigenvalue weighted by atomic mass is 127. The number of anilines is 1. The van der Waals surface area contributed by atoms with Crippen molar-refractivity contribution in [2.24, 2.45) is 0 Å². The summed E-state index contributed by atoms with van der Waals surface area (Å²) in [5, 5.41) is 11.9. The summed E-state index contributed by atoms with van der Waals surface area (Å²) in [4.78, 5) is 23.7. The molecular formula is C15H11BrINO3. The molecule has 4 nitrogen and oxygen atoms in total. The fourth-order valence-electron chi connectivity index (χ4n) is 1.92. The summed E-state index contributed by atoms with van der Waals surface area (Å²) in [5.41, 5.74) is 1.45. The van der Waals surface area contributed by atoms with Gasteiger partial charge < -0.3 is 10.4 Å². The maximum absolute atomic E-state index is 12.3. The van der Waals surface area contributed by atoms with Crippen LogP contribution in [0.5, 0.6) is 0 Å². The maximum atomic E-state index is 12.3. The van der Waals surface area contributed by atoms with Gasteiger partial charge in [0, 0.05) is 8.04 Å². The minimum Gasteiger partial charge on any atom is -0.478 e. The van der Waals surface area contributed by atoms with E-state index in [-0.39, 0.29) is 11.5 Å². The minimum absolute atomic E-state index is 0.104. The molecule has 0 spiro atoms. The second kappa shape index (κ2) is 6.57. The Morgan fingerprint density at radius 3 is 2.62 bits per heavy atom. The molecule has 0 saturated carbocycles. The Bertz CT molecular complexity index is 731. The largest absolute Gasteiger partial charge is 0.478 e. The van der Waals surface area contributed by atoms with E-state index in [1.165, 1.54) is 0 Å². The Kier molecular flexibility index (Phi) is 5.00. The third kappa shape index (κ3) is 3.62. The fourth-order valence-corrected chi connectivity index (χ4v) is 2.83. The number of carboxylic acids is 1. The van der Waals surface area contributed by atoms with Crippen LogP contribution in [-0.2, 0) is 0 Å². The number of carboxylic acid groups (broad SMARTS) is 1. The van der Waals surface area contributed by atoms with Crippen LogP contribution in [0.2, 0.25) is 0 Å². The molecule has 0 aliphatic carbocycles. The topological polar surface area (TPSA) is 66.4 Å². The highest BCUT2D eigenvalue weighted by molar-refractivity contribution is 14.1. The molecule has 0 radical (unpaired) electrons. The van der Waals surface area contributed by atoms with Gasteiger partial charge in [0.25, 0.3) is 5.91 Å².